The topological polar surface area (TPSA) is 171 Å². The van der Waals surface area contributed by atoms with Crippen LogP contribution in [0.5, 0.6) is 11.5 Å². The Kier molecular flexibility index (Phi) is 7.12. The number of rotatable bonds is 6. The fourth-order valence-corrected chi connectivity index (χ4v) is 7.01. The number of fused-ring (bicyclic) bond motifs is 3. The minimum atomic E-state index is -2.59. The second kappa shape index (κ2) is 9.62. The lowest BCUT2D eigenvalue weighted by atomic mass is 9.59. The van der Waals surface area contributed by atoms with Crippen molar-refractivity contribution in [2.24, 2.45) is 23.0 Å². The van der Waals surface area contributed by atoms with Gasteiger partial charge in [0.2, 0.25) is 5.78 Å². The fraction of sp³-hybridized carbons (Fsp3) is 0.567. The number of hydrogen-bond acceptors (Lipinski definition) is 9. The maximum absolute atomic E-state index is 13.7. The molecule has 6 N–H and O–H groups in total. The van der Waals surface area contributed by atoms with Gasteiger partial charge in [-0.2, -0.15) is 0 Å². The lowest BCUT2D eigenvalue weighted by Crippen LogP contribution is -2.58. The standard InChI is InChI=1S/C30H40N2O8/c1-28(2,3)13-29(4,5)32(6)12-15-10-18(33)21-17(24(15)40-7)9-14-8-16-11-19(34)22(27(31)38)26(37)30(16,39)25(36)20(14)23(21)35/h10,14,16,33,35,37,39H,8-9,11-13H2,1-7H3,(H2,31,38)/t14?,16-,30-/m0/s1. The third-order valence-corrected chi connectivity index (χ3v) is 8.70. The number of nitrogens with two attached hydrogens (primary N) is 1. The first kappa shape index (κ1) is 29.6. The van der Waals surface area contributed by atoms with Gasteiger partial charge in [0.15, 0.2) is 11.4 Å². The molecule has 218 valence electrons. The van der Waals surface area contributed by atoms with E-state index in [0.29, 0.717) is 23.4 Å². The maximum atomic E-state index is 13.7. The van der Waals surface area contributed by atoms with Crippen molar-refractivity contribution in [1.82, 2.24) is 4.90 Å². The maximum Gasteiger partial charge on any atom is 0.255 e. The van der Waals surface area contributed by atoms with Crippen LogP contribution >= 0.6 is 0 Å². The van der Waals surface area contributed by atoms with Crippen molar-refractivity contribution >= 4 is 23.2 Å². The molecular weight excluding hydrogens is 516 g/mol. The van der Waals surface area contributed by atoms with Crippen molar-refractivity contribution in [2.45, 2.75) is 78.0 Å². The number of ketones is 2. The van der Waals surface area contributed by atoms with Crippen molar-refractivity contribution in [3.05, 3.63) is 39.7 Å². The minimum Gasteiger partial charge on any atom is -0.508 e. The summed E-state index contributed by atoms with van der Waals surface area (Å²) in [6.07, 6.45) is 0.802. The van der Waals surface area contributed by atoms with E-state index in [1.165, 1.54) is 13.2 Å². The van der Waals surface area contributed by atoms with Gasteiger partial charge in [-0.25, -0.2) is 0 Å². The van der Waals surface area contributed by atoms with Gasteiger partial charge >= 0.3 is 0 Å². The second-order valence-electron chi connectivity index (χ2n) is 13.3. The number of amides is 1. The van der Waals surface area contributed by atoms with Crippen LogP contribution in [0.2, 0.25) is 0 Å². The van der Waals surface area contributed by atoms with Crippen molar-refractivity contribution in [1.29, 1.82) is 0 Å². The molecule has 0 bridgehead atoms. The van der Waals surface area contributed by atoms with Crippen molar-refractivity contribution in [2.75, 3.05) is 14.2 Å². The van der Waals surface area contributed by atoms with Gasteiger partial charge in [-0.1, -0.05) is 20.8 Å². The van der Waals surface area contributed by atoms with Gasteiger partial charge in [0.05, 0.1) is 12.7 Å². The van der Waals surface area contributed by atoms with Crippen LogP contribution in [0, 0.1) is 17.3 Å². The van der Waals surface area contributed by atoms with Crippen LogP contribution in [0.4, 0.5) is 0 Å². The van der Waals surface area contributed by atoms with Crippen molar-refractivity contribution < 1.29 is 39.5 Å². The number of carbonyl (C=O) groups is 3. The number of aliphatic hydroxyl groups is 3. The van der Waals surface area contributed by atoms with E-state index in [-0.39, 0.29) is 47.1 Å². The molecular formula is C30H40N2O8. The first-order valence-electron chi connectivity index (χ1n) is 13.5. The molecule has 0 radical (unpaired) electrons. The molecule has 0 saturated heterocycles. The Bertz CT molecular complexity index is 1370. The molecule has 1 aromatic carbocycles. The molecule has 1 amide bonds. The molecule has 1 aromatic rings. The summed E-state index contributed by atoms with van der Waals surface area (Å²) in [5.41, 5.74) is 2.81. The van der Waals surface area contributed by atoms with Gasteiger partial charge in [0.25, 0.3) is 5.91 Å². The summed E-state index contributed by atoms with van der Waals surface area (Å²) >= 11 is 0. The Morgan fingerprint density at radius 1 is 1.15 bits per heavy atom. The molecule has 4 rings (SSSR count). The van der Waals surface area contributed by atoms with E-state index in [1.807, 2.05) is 7.05 Å². The highest BCUT2D eigenvalue weighted by molar-refractivity contribution is 6.22. The summed E-state index contributed by atoms with van der Waals surface area (Å²) in [5.74, 6) is -6.07. The van der Waals surface area contributed by atoms with Crippen molar-refractivity contribution in [3.63, 3.8) is 0 Å². The number of ether oxygens (including phenoxy) is 1. The minimum absolute atomic E-state index is 0.0179. The van der Waals surface area contributed by atoms with Crippen LogP contribution in [0.3, 0.4) is 0 Å². The summed E-state index contributed by atoms with van der Waals surface area (Å²) in [5, 5.41) is 44.5. The van der Waals surface area contributed by atoms with Crippen LogP contribution in [-0.2, 0) is 27.3 Å². The van der Waals surface area contributed by atoms with Gasteiger partial charge in [0, 0.05) is 41.1 Å². The van der Waals surface area contributed by atoms with E-state index in [1.54, 1.807) is 0 Å². The highest BCUT2D eigenvalue weighted by Crippen LogP contribution is 2.53. The predicted octanol–water partition coefficient (Wildman–Crippen LogP) is 3.08. The average Bonchev–Trinajstić information content (AvgIpc) is 2.79. The number of aromatic hydroxyl groups is 1. The number of nitrogens with zero attached hydrogens (tertiary/aromatic N) is 1. The van der Waals surface area contributed by atoms with Gasteiger partial charge in [-0.05, 0) is 57.6 Å². The van der Waals surface area contributed by atoms with E-state index in [4.69, 9.17) is 10.5 Å². The average molecular weight is 557 g/mol. The summed E-state index contributed by atoms with van der Waals surface area (Å²) in [6.45, 7) is 11.3. The Hall–Kier alpha value is -3.37. The molecule has 0 spiro atoms. The summed E-state index contributed by atoms with van der Waals surface area (Å²) in [4.78, 5) is 40.2. The number of Topliss-reactive ketones (excluding diaryl/α,β-unsaturated/α-hetero) is 2. The monoisotopic (exact) mass is 556 g/mol. The third kappa shape index (κ3) is 4.56. The number of phenols is 1. The molecule has 1 fully saturated rings. The smallest absolute Gasteiger partial charge is 0.255 e. The van der Waals surface area contributed by atoms with Gasteiger partial charge in [-0.15, -0.1) is 0 Å². The van der Waals surface area contributed by atoms with Gasteiger partial charge in [0.1, 0.15) is 28.6 Å². The van der Waals surface area contributed by atoms with Crippen LogP contribution in [0.15, 0.2) is 23.0 Å². The lowest BCUT2D eigenvalue weighted by molar-refractivity contribution is -0.147. The number of carbonyl (C=O) groups excluding carboxylic acids is 3. The Balaban J connectivity index is 1.81. The molecule has 3 atom stereocenters. The molecule has 1 unspecified atom stereocenters. The Labute approximate surface area is 234 Å². The third-order valence-electron chi connectivity index (χ3n) is 8.70. The van der Waals surface area contributed by atoms with Crippen LogP contribution < -0.4 is 10.5 Å². The van der Waals surface area contributed by atoms with Crippen LogP contribution in [0.25, 0.3) is 5.76 Å². The number of phenolic OH excluding ortho intramolecular Hbond substituents is 1. The second-order valence-corrected chi connectivity index (χ2v) is 13.3. The summed E-state index contributed by atoms with van der Waals surface area (Å²) in [6, 6.07) is 1.51. The van der Waals surface area contributed by atoms with Crippen LogP contribution in [0.1, 0.15) is 70.6 Å². The van der Waals surface area contributed by atoms with Crippen LogP contribution in [-0.4, -0.2) is 68.1 Å². The molecule has 0 aliphatic heterocycles. The van der Waals surface area contributed by atoms with E-state index >= 15 is 0 Å². The first-order chi connectivity index (χ1) is 18.3. The van der Waals surface area contributed by atoms with E-state index < -0.39 is 52.0 Å². The number of methoxy groups -OCH3 is 1. The zero-order chi connectivity index (χ0) is 30.1. The first-order valence-corrected chi connectivity index (χ1v) is 13.5. The zero-order valence-corrected chi connectivity index (χ0v) is 24.2. The predicted molar refractivity (Wildman–Crippen MR) is 148 cm³/mol. The molecule has 0 aromatic heterocycles. The van der Waals surface area contributed by atoms with Gasteiger partial charge in [-0.3, -0.25) is 19.3 Å². The van der Waals surface area contributed by atoms with Crippen molar-refractivity contribution in [3.8, 4) is 11.5 Å². The molecule has 1 saturated carbocycles. The van der Waals surface area contributed by atoms with E-state index in [9.17, 15) is 34.8 Å². The molecule has 3 aliphatic carbocycles. The zero-order valence-electron chi connectivity index (χ0n) is 24.2. The lowest BCUT2D eigenvalue weighted by Gasteiger charge is -2.46. The largest absolute Gasteiger partial charge is 0.508 e. The number of hydrogen-bond donors (Lipinski definition) is 5. The highest BCUT2D eigenvalue weighted by atomic mass is 16.5. The summed E-state index contributed by atoms with van der Waals surface area (Å²) in [7, 11) is 3.50. The number of primary amides is 1. The fourth-order valence-electron chi connectivity index (χ4n) is 7.01. The number of aliphatic hydroxyl groups excluding tert-OH is 2. The highest BCUT2D eigenvalue weighted by Gasteiger charge is 2.60. The van der Waals surface area contributed by atoms with Gasteiger partial charge < -0.3 is 30.9 Å². The Morgan fingerprint density at radius 3 is 2.33 bits per heavy atom. The SMILES string of the molecule is COc1c(CN(C)C(C)(C)CC(C)(C)C)cc(O)c2c1CC1C[C@H]3CC(=O)C(C(N)=O)=C(O)[C@@]3(O)C(=O)C1=C2O. The van der Waals surface area contributed by atoms with E-state index in [2.05, 4.69) is 39.5 Å². The summed E-state index contributed by atoms with van der Waals surface area (Å²) < 4.78 is 5.81. The molecule has 40 heavy (non-hydrogen) atoms. The Morgan fingerprint density at radius 2 is 1.77 bits per heavy atom. The quantitative estimate of drug-likeness (QED) is 0.330. The molecule has 10 nitrogen and oxygen atoms in total. The number of benzene rings is 1. The molecule has 3 aliphatic rings. The molecule has 10 heteroatoms. The molecule has 0 heterocycles. The van der Waals surface area contributed by atoms with E-state index in [0.717, 1.165) is 6.42 Å². The normalized spacial score (nSPS) is 25.1.